The number of aryl methyl sites for hydroxylation is 1. The Balaban J connectivity index is 1.26. The third-order valence-electron chi connectivity index (χ3n) is 14.0. The van der Waals surface area contributed by atoms with Crippen LogP contribution in [-0.2, 0) is 41.6 Å². The summed E-state index contributed by atoms with van der Waals surface area (Å²) in [6, 6.07) is 8.79. The van der Waals surface area contributed by atoms with Gasteiger partial charge < -0.3 is 29.0 Å². The fourth-order valence-electron chi connectivity index (χ4n) is 9.76. The summed E-state index contributed by atoms with van der Waals surface area (Å²) in [5.74, 6) is -0.749. The summed E-state index contributed by atoms with van der Waals surface area (Å²) in [5, 5.41) is 8.38. The number of likely N-dealkylation sites (N-methyl/N-ethyl adjacent to an activating group) is 1. The highest BCUT2D eigenvalue weighted by Crippen LogP contribution is 2.46. The lowest BCUT2D eigenvalue weighted by atomic mass is 9.84. The fourth-order valence-corrected chi connectivity index (χ4v) is 10.7. The lowest BCUT2D eigenvalue weighted by Crippen LogP contribution is -2.61. The maximum absolute atomic E-state index is 15.0. The Labute approximate surface area is 376 Å². The lowest BCUT2D eigenvalue weighted by Gasteiger charge is -2.38. The zero-order valence-electron chi connectivity index (χ0n) is 38.5. The Morgan fingerprint density at radius 2 is 1.86 bits per heavy atom. The number of nitrogens with one attached hydrogen (secondary N) is 2. The molecular formula is C48H66N8O6S. The number of nitrogens with zero attached hydrogens (tertiary/aromatic N) is 6. The minimum Gasteiger partial charge on any atom is -0.464 e. The number of fused-ring (bicyclic) bond motifs is 6. The molecule has 3 fully saturated rings. The number of benzene rings is 1. The van der Waals surface area contributed by atoms with Crippen molar-refractivity contribution in [2.45, 2.75) is 105 Å². The van der Waals surface area contributed by atoms with Gasteiger partial charge >= 0.3 is 5.97 Å². The highest BCUT2D eigenvalue weighted by molar-refractivity contribution is 7.10. The van der Waals surface area contributed by atoms with E-state index in [1.165, 1.54) is 16.3 Å². The molecule has 8 rings (SSSR count). The minimum absolute atomic E-state index is 0.0578. The van der Waals surface area contributed by atoms with Crippen molar-refractivity contribution in [3.63, 3.8) is 0 Å². The van der Waals surface area contributed by atoms with E-state index in [1.807, 2.05) is 24.6 Å². The molecule has 1 saturated carbocycles. The average Bonchev–Trinajstić information content (AvgIpc) is 3.56. The first-order valence-corrected chi connectivity index (χ1v) is 23.7. The van der Waals surface area contributed by atoms with Gasteiger partial charge in [0.15, 0.2) is 0 Å². The van der Waals surface area contributed by atoms with Crippen LogP contribution in [-0.4, -0.2) is 125 Å². The molecule has 0 radical (unpaired) electrons. The van der Waals surface area contributed by atoms with Crippen LogP contribution in [0.2, 0.25) is 0 Å². The number of cyclic esters (lactones) is 1. The molecule has 2 N–H and O–H groups in total. The second-order valence-corrected chi connectivity index (χ2v) is 20.0. The van der Waals surface area contributed by atoms with Crippen molar-refractivity contribution in [3.05, 3.63) is 58.2 Å². The van der Waals surface area contributed by atoms with Crippen LogP contribution in [0.4, 0.5) is 0 Å². The van der Waals surface area contributed by atoms with Crippen molar-refractivity contribution >= 4 is 40.0 Å². The number of hydrogen-bond donors (Lipinski definition) is 2. The van der Waals surface area contributed by atoms with E-state index in [-0.39, 0.29) is 48.3 Å². The van der Waals surface area contributed by atoms with Gasteiger partial charge in [-0.3, -0.25) is 29.3 Å². The van der Waals surface area contributed by atoms with Crippen molar-refractivity contribution in [2.24, 2.45) is 23.2 Å². The molecule has 6 heterocycles. The zero-order chi connectivity index (χ0) is 44.7. The maximum atomic E-state index is 15.0. The number of aromatic nitrogens is 3. The maximum Gasteiger partial charge on any atom is 0.324 e. The summed E-state index contributed by atoms with van der Waals surface area (Å²) in [6.07, 6.45) is 2.36. The van der Waals surface area contributed by atoms with Gasteiger partial charge in [0, 0.05) is 97.4 Å². The molecule has 15 heteroatoms. The second-order valence-electron chi connectivity index (χ2n) is 19.1. The highest BCUT2D eigenvalue weighted by Gasteiger charge is 2.50. The molecule has 0 spiro atoms. The number of carbonyl (C=O) groups excluding carboxylic acids is 3. The summed E-state index contributed by atoms with van der Waals surface area (Å²) in [5.41, 5.74) is 9.54. The third kappa shape index (κ3) is 9.32. The molecular weight excluding hydrogens is 817 g/mol. The molecule has 8 atom stereocenters. The molecule has 2 saturated heterocycles. The molecule has 3 aromatic heterocycles. The van der Waals surface area contributed by atoms with Crippen LogP contribution in [0.15, 0.2) is 41.9 Å². The van der Waals surface area contributed by atoms with Gasteiger partial charge in [-0.1, -0.05) is 33.8 Å². The molecule has 63 heavy (non-hydrogen) atoms. The second kappa shape index (κ2) is 18.7. The standard InChI is InChI=1S/C48H66N8O6S/c1-10-55-38-16-15-32-23-34(38)35(42(55)33-13-11-17-49-40(33)31(5)60-9)24-48(6,7)27-62-47(59)36-14-12-18-56(52-36)46(58)41(51-44(57)39-29(3)30(39)4)43(45-50-37(32)26-63-45)61-25-28(2)54-21-19-53(8)20-22-54/h11,13,15-17,23,26,28-31,36,39,41,43,52H,10,12,14,18-22,24-25,27H2,1-9H3,(H,51,57)/t28-,29-,30+,31-,36-,39+,41-,43-/m0/s1. The number of hydrazine groups is 1. The van der Waals surface area contributed by atoms with Crippen LogP contribution in [0, 0.1) is 23.2 Å². The van der Waals surface area contributed by atoms with Gasteiger partial charge in [0.1, 0.15) is 23.2 Å². The largest absolute Gasteiger partial charge is 0.464 e. The van der Waals surface area contributed by atoms with Gasteiger partial charge in [-0.2, -0.15) is 0 Å². The number of thiazole rings is 1. The Bertz CT molecular complexity index is 2290. The highest BCUT2D eigenvalue weighted by atomic mass is 32.1. The van der Waals surface area contributed by atoms with Crippen molar-refractivity contribution in [1.29, 1.82) is 0 Å². The van der Waals surface area contributed by atoms with Gasteiger partial charge in [0.2, 0.25) is 5.91 Å². The smallest absolute Gasteiger partial charge is 0.324 e. The Hall–Kier alpha value is -4.25. The summed E-state index contributed by atoms with van der Waals surface area (Å²) < 4.78 is 21.3. The first-order valence-electron chi connectivity index (χ1n) is 22.9. The molecule has 4 aliphatic rings. The van der Waals surface area contributed by atoms with Crippen molar-refractivity contribution in [3.8, 4) is 22.5 Å². The predicted molar refractivity (Wildman–Crippen MR) is 245 cm³/mol. The molecule has 14 nitrogen and oxygen atoms in total. The summed E-state index contributed by atoms with van der Waals surface area (Å²) >= 11 is 1.44. The van der Waals surface area contributed by atoms with E-state index in [4.69, 9.17) is 24.2 Å². The molecule has 0 unspecified atom stereocenters. The fraction of sp³-hybridized carbons (Fsp3) is 0.604. The van der Waals surface area contributed by atoms with E-state index in [2.05, 4.69) is 98.0 Å². The van der Waals surface area contributed by atoms with Gasteiger partial charge in [-0.15, -0.1) is 11.3 Å². The number of pyridine rings is 1. The average molecular weight is 883 g/mol. The summed E-state index contributed by atoms with van der Waals surface area (Å²) in [7, 11) is 3.84. The summed E-state index contributed by atoms with van der Waals surface area (Å²) in [6.45, 7) is 20.0. The first kappa shape index (κ1) is 45.3. The number of ether oxygens (including phenoxy) is 3. The molecule has 4 aromatic rings. The number of amides is 2. The minimum atomic E-state index is -1.10. The Morgan fingerprint density at radius 3 is 2.57 bits per heavy atom. The molecule has 1 aromatic carbocycles. The van der Waals surface area contributed by atoms with Crippen LogP contribution in [0.1, 0.15) is 89.8 Å². The monoisotopic (exact) mass is 882 g/mol. The topological polar surface area (TPSA) is 143 Å². The van der Waals surface area contributed by atoms with E-state index in [1.54, 1.807) is 7.11 Å². The number of methoxy groups -OCH3 is 1. The third-order valence-corrected chi connectivity index (χ3v) is 15.0. The van der Waals surface area contributed by atoms with Gasteiger partial charge in [0.25, 0.3) is 5.91 Å². The van der Waals surface area contributed by atoms with E-state index >= 15 is 0 Å². The molecule has 2 amide bonds. The van der Waals surface area contributed by atoms with Crippen LogP contribution in [0.3, 0.4) is 0 Å². The lowest BCUT2D eigenvalue weighted by molar-refractivity contribution is -0.157. The summed E-state index contributed by atoms with van der Waals surface area (Å²) in [4.78, 5) is 57.9. The van der Waals surface area contributed by atoms with Crippen molar-refractivity contribution in [1.82, 2.24) is 40.1 Å². The SMILES string of the molecule is CCn1c(-c2cccnc2[C@H](C)OC)c2c3cc(ccc31)-c1csc(n1)[C@@H](OC[C@H](C)N1CCN(C)CC1)[C@H](NC(=O)[C@H]1[C@H](C)[C@@H]1C)C(=O)N1CCC[C@H](N1)C(=O)OCC(C)(C)C2. The number of piperazine rings is 1. The van der Waals surface area contributed by atoms with Crippen LogP contribution in [0.25, 0.3) is 33.4 Å². The van der Waals surface area contributed by atoms with Gasteiger partial charge in [-0.05, 0) is 88.7 Å². The molecule has 1 aliphatic carbocycles. The Morgan fingerprint density at radius 1 is 1.10 bits per heavy atom. The quantitative estimate of drug-likeness (QED) is 0.175. The predicted octanol–water partition coefficient (Wildman–Crippen LogP) is 6.26. The van der Waals surface area contributed by atoms with E-state index < -0.39 is 29.6 Å². The number of hydrogen-bond acceptors (Lipinski definition) is 12. The van der Waals surface area contributed by atoms with E-state index in [0.29, 0.717) is 44.0 Å². The van der Waals surface area contributed by atoms with Crippen molar-refractivity contribution < 1.29 is 28.6 Å². The molecule has 3 aliphatic heterocycles. The van der Waals surface area contributed by atoms with Crippen LogP contribution < -0.4 is 10.7 Å². The molecule has 340 valence electrons. The van der Waals surface area contributed by atoms with E-state index in [0.717, 1.165) is 70.9 Å². The van der Waals surface area contributed by atoms with Crippen molar-refractivity contribution in [2.75, 3.05) is 60.1 Å². The van der Waals surface area contributed by atoms with Gasteiger partial charge in [0.05, 0.1) is 36.4 Å². The zero-order valence-corrected chi connectivity index (χ0v) is 39.3. The van der Waals surface area contributed by atoms with Crippen LogP contribution in [0.5, 0.6) is 0 Å². The van der Waals surface area contributed by atoms with E-state index in [9.17, 15) is 14.4 Å². The van der Waals surface area contributed by atoms with Crippen LogP contribution >= 0.6 is 11.3 Å². The van der Waals surface area contributed by atoms with Gasteiger partial charge in [-0.25, -0.2) is 10.4 Å². The number of esters is 1. The first-order chi connectivity index (χ1) is 30.2. The number of rotatable bonds is 10. The molecule has 6 bridgehead atoms. The number of carbonyl (C=O) groups is 3. The normalized spacial score (nSPS) is 26.8. The Kier molecular flexibility index (Phi) is 13.4.